The van der Waals surface area contributed by atoms with Crippen LogP contribution < -0.4 is 19.1 Å². The Labute approximate surface area is 171 Å². The van der Waals surface area contributed by atoms with Crippen LogP contribution in [0.1, 0.15) is 28.8 Å². The molecule has 29 heavy (non-hydrogen) atoms. The van der Waals surface area contributed by atoms with Gasteiger partial charge in [-0.2, -0.15) is 0 Å². The number of amides is 1. The lowest BCUT2D eigenvalue weighted by atomic mass is 10.1. The predicted octanol–water partition coefficient (Wildman–Crippen LogP) is 2.61. The zero-order valence-electron chi connectivity index (χ0n) is 16.7. The first kappa shape index (κ1) is 21.0. The minimum Gasteiger partial charge on any atom is -0.493 e. The maximum Gasteiger partial charge on any atom is 0.251 e. The lowest BCUT2D eigenvalue weighted by molar-refractivity contribution is 0.0954. The molecule has 1 saturated heterocycles. The van der Waals surface area contributed by atoms with Crippen LogP contribution in [-0.4, -0.2) is 47.4 Å². The number of ether oxygens (including phenoxy) is 2. The van der Waals surface area contributed by atoms with Gasteiger partial charge in [-0.1, -0.05) is 12.1 Å². The Morgan fingerprint density at radius 2 is 1.86 bits per heavy atom. The number of anilines is 1. The van der Waals surface area contributed by atoms with Gasteiger partial charge in [0, 0.05) is 18.7 Å². The lowest BCUT2D eigenvalue weighted by Crippen LogP contribution is -2.38. The highest BCUT2D eigenvalue weighted by Crippen LogP contribution is 2.27. The Morgan fingerprint density at radius 3 is 2.59 bits per heavy atom. The summed E-state index contributed by atoms with van der Waals surface area (Å²) in [5, 5.41) is 2.89. The van der Waals surface area contributed by atoms with Gasteiger partial charge >= 0.3 is 0 Å². The molecule has 0 bridgehead atoms. The van der Waals surface area contributed by atoms with E-state index in [0.29, 0.717) is 48.7 Å². The second-order valence-corrected chi connectivity index (χ2v) is 8.85. The van der Waals surface area contributed by atoms with E-state index in [4.69, 9.17) is 9.47 Å². The van der Waals surface area contributed by atoms with E-state index in [1.54, 1.807) is 38.5 Å². The molecule has 0 aliphatic carbocycles. The SMILES string of the molecule is COc1ccc(CCNC(=O)c2cccc(N3CCCCS3(=O)=O)c2)cc1OC. The van der Waals surface area contributed by atoms with Crippen LogP contribution >= 0.6 is 0 Å². The van der Waals surface area contributed by atoms with Gasteiger partial charge < -0.3 is 14.8 Å². The van der Waals surface area contributed by atoms with Crippen molar-refractivity contribution in [3.05, 3.63) is 53.6 Å². The van der Waals surface area contributed by atoms with Crippen molar-refractivity contribution < 1.29 is 22.7 Å². The van der Waals surface area contributed by atoms with E-state index in [0.717, 1.165) is 12.0 Å². The van der Waals surface area contributed by atoms with Gasteiger partial charge in [-0.3, -0.25) is 9.10 Å². The number of hydrogen-bond acceptors (Lipinski definition) is 5. The molecule has 3 rings (SSSR count). The smallest absolute Gasteiger partial charge is 0.251 e. The summed E-state index contributed by atoms with van der Waals surface area (Å²) in [7, 11) is -0.138. The topological polar surface area (TPSA) is 84.9 Å². The van der Waals surface area contributed by atoms with Crippen LogP contribution in [0, 0.1) is 0 Å². The standard InChI is InChI=1S/C21H26N2O5S/c1-27-19-9-8-16(14-20(19)28-2)10-11-22-21(24)17-6-5-7-18(15-17)23-12-3-4-13-29(23,25)26/h5-9,14-15H,3-4,10-13H2,1-2H3,(H,22,24). The molecule has 0 atom stereocenters. The van der Waals surface area contributed by atoms with E-state index in [1.807, 2.05) is 18.2 Å². The molecule has 2 aromatic carbocycles. The second kappa shape index (κ2) is 9.17. The maximum absolute atomic E-state index is 12.5. The zero-order valence-corrected chi connectivity index (χ0v) is 17.5. The van der Waals surface area contributed by atoms with Gasteiger partial charge in [-0.25, -0.2) is 8.42 Å². The Hall–Kier alpha value is -2.74. The fourth-order valence-corrected chi connectivity index (χ4v) is 4.97. The molecule has 0 spiro atoms. The van der Waals surface area contributed by atoms with Gasteiger partial charge in [0.15, 0.2) is 11.5 Å². The van der Waals surface area contributed by atoms with Gasteiger partial charge in [-0.15, -0.1) is 0 Å². The lowest BCUT2D eigenvalue weighted by Gasteiger charge is -2.28. The van der Waals surface area contributed by atoms with Crippen LogP contribution in [-0.2, 0) is 16.4 Å². The van der Waals surface area contributed by atoms with Crippen LogP contribution in [0.3, 0.4) is 0 Å². The molecule has 0 unspecified atom stereocenters. The third kappa shape index (κ3) is 5.00. The normalized spacial score (nSPS) is 15.6. The minimum absolute atomic E-state index is 0.148. The molecule has 0 radical (unpaired) electrons. The highest BCUT2D eigenvalue weighted by atomic mass is 32.2. The number of sulfonamides is 1. The monoisotopic (exact) mass is 418 g/mol. The maximum atomic E-state index is 12.5. The fraction of sp³-hybridized carbons (Fsp3) is 0.381. The average molecular weight is 419 g/mol. The number of benzene rings is 2. The molecule has 8 heteroatoms. The van der Waals surface area contributed by atoms with E-state index >= 15 is 0 Å². The molecule has 1 heterocycles. The van der Waals surface area contributed by atoms with Crippen molar-refractivity contribution in [3.63, 3.8) is 0 Å². The van der Waals surface area contributed by atoms with Gasteiger partial charge in [0.25, 0.3) is 5.91 Å². The minimum atomic E-state index is -3.30. The van der Waals surface area contributed by atoms with Crippen molar-refractivity contribution in [3.8, 4) is 11.5 Å². The molecule has 0 aromatic heterocycles. The Balaban J connectivity index is 1.63. The van der Waals surface area contributed by atoms with Gasteiger partial charge in [0.1, 0.15) is 0 Å². The van der Waals surface area contributed by atoms with Gasteiger partial charge in [0.05, 0.1) is 25.7 Å². The molecule has 7 nitrogen and oxygen atoms in total. The van der Waals surface area contributed by atoms with Crippen LogP contribution in [0.15, 0.2) is 42.5 Å². The first-order valence-electron chi connectivity index (χ1n) is 9.54. The third-order valence-electron chi connectivity index (χ3n) is 4.89. The molecular formula is C21H26N2O5S. The van der Waals surface area contributed by atoms with Crippen molar-refractivity contribution in [2.75, 3.05) is 37.4 Å². The first-order valence-corrected chi connectivity index (χ1v) is 11.1. The molecule has 156 valence electrons. The van der Waals surface area contributed by atoms with E-state index in [9.17, 15) is 13.2 Å². The number of methoxy groups -OCH3 is 2. The van der Waals surface area contributed by atoms with E-state index in [1.165, 1.54) is 4.31 Å². The van der Waals surface area contributed by atoms with Crippen molar-refractivity contribution >= 4 is 21.6 Å². The summed E-state index contributed by atoms with van der Waals surface area (Å²) in [6.07, 6.45) is 2.13. The van der Waals surface area contributed by atoms with Crippen LogP contribution in [0.5, 0.6) is 11.5 Å². The predicted molar refractivity (Wildman–Crippen MR) is 112 cm³/mol. The van der Waals surface area contributed by atoms with Crippen LogP contribution in [0.25, 0.3) is 0 Å². The molecule has 1 N–H and O–H groups in total. The summed E-state index contributed by atoms with van der Waals surface area (Å²) < 4.78 is 36.5. The molecule has 1 fully saturated rings. The van der Waals surface area contributed by atoms with Gasteiger partial charge in [-0.05, 0) is 55.2 Å². The molecule has 1 aliphatic rings. The quantitative estimate of drug-likeness (QED) is 0.747. The Morgan fingerprint density at radius 1 is 1.07 bits per heavy atom. The summed E-state index contributed by atoms with van der Waals surface area (Å²) in [5.41, 5.74) is 1.99. The molecule has 0 saturated carbocycles. The molecule has 1 amide bonds. The highest BCUT2D eigenvalue weighted by molar-refractivity contribution is 7.92. The molecule has 2 aromatic rings. The number of nitrogens with one attached hydrogen (secondary N) is 1. The van der Waals surface area contributed by atoms with Crippen LogP contribution in [0.4, 0.5) is 5.69 Å². The zero-order chi connectivity index (χ0) is 20.9. The average Bonchev–Trinajstić information content (AvgIpc) is 2.73. The number of nitrogens with zero attached hydrogens (tertiary/aromatic N) is 1. The fourth-order valence-electron chi connectivity index (χ4n) is 3.34. The Bertz CT molecular complexity index is 975. The van der Waals surface area contributed by atoms with Crippen LogP contribution in [0.2, 0.25) is 0 Å². The summed E-state index contributed by atoms with van der Waals surface area (Å²) in [4.78, 5) is 12.5. The van der Waals surface area contributed by atoms with E-state index < -0.39 is 10.0 Å². The summed E-state index contributed by atoms with van der Waals surface area (Å²) in [5.74, 6) is 1.22. The number of carbonyl (C=O) groups is 1. The number of hydrogen-bond donors (Lipinski definition) is 1. The van der Waals surface area contributed by atoms with Gasteiger partial charge in [0.2, 0.25) is 10.0 Å². The number of rotatable bonds is 7. The summed E-state index contributed by atoms with van der Waals surface area (Å²) in [6, 6.07) is 12.4. The summed E-state index contributed by atoms with van der Waals surface area (Å²) in [6.45, 7) is 0.896. The largest absolute Gasteiger partial charge is 0.493 e. The van der Waals surface area contributed by atoms with Crippen molar-refractivity contribution in [2.24, 2.45) is 0 Å². The number of carbonyl (C=O) groups excluding carboxylic acids is 1. The Kier molecular flexibility index (Phi) is 6.64. The third-order valence-corrected chi connectivity index (χ3v) is 6.76. The van der Waals surface area contributed by atoms with Crippen molar-refractivity contribution in [1.29, 1.82) is 0 Å². The molecule has 1 aliphatic heterocycles. The first-order chi connectivity index (χ1) is 13.9. The van der Waals surface area contributed by atoms with Crippen molar-refractivity contribution in [2.45, 2.75) is 19.3 Å². The second-order valence-electron chi connectivity index (χ2n) is 6.84. The molecular weight excluding hydrogens is 392 g/mol. The summed E-state index contributed by atoms with van der Waals surface area (Å²) >= 11 is 0. The van der Waals surface area contributed by atoms with Crippen molar-refractivity contribution in [1.82, 2.24) is 5.32 Å². The van der Waals surface area contributed by atoms with E-state index in [2.05, 4.69) is 5.32 Å². The highest BCUT2D eigenvalue weighted by Gasteiger charge is 2.26. The van der Waals surface area contributed by atoms with E-state index in [-0.39, 0.29) is 11.7 Å².